The Kier molecular flexibility index (Phi) is 2.82. The Bertz CT molecular complexity index is 515. The Labute approximate surface area is 95.0 Å². The van der Waals surface area contributed by atoms with E-state index in [0.29, 0.717) is 5.56 Å². The molecule has 0 unspecified atom stereocenters. The molecule has 0 aliphatic carbocycles. The molecule has 1 heterocycles. The summed E-state index contributed by atoms with van der Waals surface area (Å²) in [7, 11) is 0. The van der Waals surface area contributed by atoms with Gasteiger partial charge in [0.2, 0.25) is 0 Å². The average Bonchev–Trinajstić information content (AvgIpc) is 2.30. The topological polar surface area (TPSA) is 30.0 Å². The van der Waals surface area contributed by atoms with Gasteiger partial charge in [-0.25, -0.2) is 0 Å². The maximum absolute atomic E-state index is 11.5. The second kappa shape index (κ2) is 4.27. The Morgan fingerprint density at radius 1 is 1.12 bits per heavy atom. The Hall–Kier alpha value is -1.96. The molecule has 0 fully saturated rings. The minimum atomic E-state index is 0.0451. The van der Waals surface area contributed by atoms with Crippen molar-refractivity contribution in [2.45, 2.75) is 13.8 Å². The standard InChI is InChI=1S/C14H13NO/c1-10-3-5-12(6-4-10)13-7-8-15-9-14(13)11(2)16/h3-9H,1-2H3. The normalized spacial score (nSPS) is 10.1. The zero-order valence-corrected chi connectivity index (χ0v) is 9.40. The molecule has 2 rings (SSSR count). The van der Waals surface area contributed by atoms with Crippen molar-refractivity contribution < 1.29 is 4.79 Å². The van der Waals surface area contributed by atoms with E-state index in [2.05, 4.69) is 4.98 Å². The third-order valence-corrected chi connectivity index (χ3v) is 2.56. The van der Waals surface area contributed by atoms with Crippen molar-refractivity contribution in [1.29, 1.82) is 0 Å². The minimum absolute atomic E-state index is 0.0451. The zero-order valence-electron chi connectivity index (χ0n) is 9.40. The SMILES string of the molecule is CC(=O)c1cnccc1-c1ccc(C)cc1. The number of benzene rings is 1. The molecule has 2 aromatic rings. The number of carbonyl (C=O) groups excluding carboxylic acids is 1. The summed E-state index contributed by atoms with van der Waals surface area (Å²) >= 11 is 0. The maximum Gasteiger partial charge on any atom is 0.161 e. The van der Waals surface area contributed by atoms with Gasteiger partial charge in [0.25, 0.3) is 0 Å². The second-order valence-corrected chi connectivity index (χ2v) is 3.84. The summed E-state index contributed by atoms with van der Waals surface area (Å²) in [6, 6.07) is 10.0. The lowest BCUT2D eigenvalue weighted by Crippen LogP contribution is -1.96. The van der Waals surface area contributed by atoms with E-state index in [4.69, 9.17) is 0 Å². The van der Waals surface area contributed by atoms with Gasteiger partial charge in [-0.1, -0.05) is 29.8 Å². The molecule has 0 radical (unpaired) electrons. The number of nitrogens with zero attached hydrogens (tertiary/aromatic N) is 1. The van der Waals surface area contributed by atoms with E-state index in [9.17, 15) is 4.79 Å². The van der Waals surface area contributed by atoms with Crippen molar-refractivity contribution in [3.05, 3.63) is 53.9 Å². The molecular weight excluding hydrogens is 198 g/mol. The number of aromatic nitrogens is 1. The number of aryl methyl sites for hydroxylation is 1. The zero-order chi connectivity index (χ0) is 11.5. The smallest absolute Gasteiger partial charge is 0.161 e. The number of hydrogen-bond acceptors (Lipinski definition) is 2. The number of rotatable bonds is 2. The highest BCUT2D eigenvalue weighted by molar-refractivity contribution is 6.00. The molecule has 0 N–H and O–H groups in total. The molecule has 0 amide bonds. The lowest BCUT2D eigenvalue weighted by molar-refractivity contribution is 0.101. The third-order valence-electron chi connectivity index (χ3n) is 2.56. The highest BCUT2D eigenvalue weighted by Gasteiger charge is 2.08. The molecule has 1 aromatic heterocycles. The van der Waals surface area contributed by atoms with Crippen molar-refractivity contribution in [3.8, 4) is 11.1 Å². The molecule has 0 bridgehead atoms. The quantitative estimate of drug-likeness (QED) is 0.714. The van der Waals surface area contributed by atoms with Crippen LogP contribution in [0.25, 0.3) is 11.1 Å². The summed E-state index contributed by atoms with van der Waals surface area (Å²) in [6.45, 7) is 3.61. The number of ketones is 1. The Morgan fingerprint density at radius 2 is 1.81 bits per heavy atom. The van der Waals surface area contributed by atoms with Crippen molar-refractivity contribution in [2.75, 3.05) is 0 Å². The van der Waals surface area contributed by atoms with Crippen LogP contribution in [0.3, 0.4) is 0 Å². The fourth-order valence-corrected chi connectivity index (χ4v) is 1.66. The van der Waals surface area contributed by atoms with Gasteiger partial charge in [0.05, 0.1) is 0 Å². The van der Waals surface area contributed by atoms with Crippen molar-refractivity contribution in [1.82, 2.24) is 4.98 Å². The number of pyridine rings is 1. The molecule has 0 saturated carbocycles. The van der Waals surface area contributed by atoms with Gasteiger partial charge in [-0.15, -0.1) is 0 Å². The van der Waals surface area contributed by atoms with Gasteiger partial charge >= 0.3 is 0 Å². The summed E-state index contributed by atoms with van der Waals surface area (Å²) in [6.07, 6.45) is 3.33. The molecule has 2 nitrogen and oxygen atoms in total. The highest BCUT2D eigenvalue weighted by atomic mass is 16.1. The van der Waals surface area contributed by atoms with Gasteiger partial charge in [0, 0.05) is 18.0 Å². The van der Waals surface area contributed by atoms with Crippen LogP contribution in [0.1, 0.15) is 22.8 Å². The molecule has 16 heavy (non-hydrogen) atoms. The van der Waals surface area contributed by atoms with Gasteiger partial charge in [-0.05, 0) is 31.0 Å². The first-order valence-electron chi connectivity index (χ1n) is 5.20. The third kappa shape index (κ3) is 2.01. The predicted octanol–water partition coefficient (Wildman–Crippen LogP) is 3.26. The summed E-state index contributed by atoms with van der Waals surface area (Å²) in [5.74, 6) is 0.0451. The van der Waals surface area contributed by atoms with E-state index < -0.39 is 0 Å². The van der Waals surface area contributed by atoms with Crippen molar-refractivity contribution in [3.63, 3.8) is 0 Å². The maximum atomic E-state index is 11.5. The van der Waals surface area contributed by atoms with Gasteiger partial charge < -0.3 is 0 Å². The summed E-state index contributed by atoms with van der Waals surface area (Å²) in [5.41, 5.74) is 3.88. The summed E-state index contributed by atoms with van der Waals surface area (Å²) in [5, 5.41) is 0. The summed E-state index contributed by atoms with van der Waals surface area (Å²) < 4.78 is 0. The first-order valence-corrected chi connectivity index (χ1v) is 5.20. The largest absolute Gasteiger partial charge is 0.294 e. The van der Waals surface area contributed by atoms with Gasteiger partial charge in [0.15, 0.2) is 5.78 Å². The van der Waals surface area contributed by atoms with Crippen LogP contribution in [0.15, 0.2) is 42.7 Å². The average molecular weight is 211 g/mol. The van der Waals surface area contributed by atoms with E-state index >= 15 is 0 Å². The molecule has 2 heteroatoms. The number of Topliss-reactive ketones (excluding diaryl/α,β-unsaturated/α-hetero) is 1. The number of hydrogen-bond donors (Lipinski definition) is 0. The second-order valence-electron chi connectivity index (χ2n) is 3.84. The van der Waals surface area contributed by atoms with Crippen LogP contribution in [-0.2, 0) is 0 Å². The molecule has 0 aliphatic heterocycles. The summed E-state index contributed by atoms with van der Waals surface area (Å²) in [4.78, 5) is 15.5. The minimum Gasteiger partial charge on any atom is -0.294 e. The van der Waals surface area contributed by atoms with Crippen LogP contribution in [-0.4, -0.2) is 10.8 Å². The number of carbonyl (C=O) groups is 1. The Balaban J connectivity index is 2.55. The van der Waals surface area contributed by atoms with Crippen LogP contribution < -0.4 is 0 Å². The first kappa shape index (κ1) is 10.6. The van der Waals surface area contributed by atoms with Crippen LogP contribution in [0, 0.1) is 6.92 Å². The van der Waals surface area contributed by atoms with Crippen LogP contribution in [0.2, 0.25) is 0 Å². The van der Waals surface area contributed by atoms with E-state index in [1.165, 1.54) is 5.56 Å². The lowest BCUT2D eigenvalue weighted by Gasteiger charge is -2.06. The van der Waals surface area contributed by atoms with Gasteiger partial charge in [-0.2, -0.15) is 0 Å². The highest BCUT2D eigenvalue weighted by Crippen LogP contribution is 2.23. The van der Waals surface area contributed by atoms with Crippen LogP contribution >= 0.6 is 0 Å². The van der Waals surface area contributed by atoms with Crippen molar-refractivity contribution in [2.24, 2.45) is 0 Å². The van der Waals surface area contributed by atoms with E-state index in [1.54, 1.807) is 19.3 Å². The van der Waals surface area contributed by atoms with Gasteiger partial charge in [-0.3, -0.25) is 9.78 Å². The fourth-order valence-electron chi connectivity index (χ4n) is 1.66. The molecule has 80 valence electrons. The first-order chi connectivity index (χ1) is 7.68. The molecule has 0 aliphatic rings. The fraction of sp³-hybridized carbons (Fsp3) is 0.143. The van der Waals surface area contributed by atoms with E-state index in [1.807, 2.05) is 37.3 Å². The lowest BCUT2D eigenvalue weighted by atomic mass is 9.99. The molecule has 0 saturated heterocycles. The molecule has 0 spiro atoms. The molecular formula is C14H13NO. The van der Waals surface area contributed by atoms with Crippen molar-refractivity contribution >= 4 is 5.78 Å². The monoisotopic (exact) mass is 211 g/mol. The van der Waals surface area contributed by atoms with Crippen LogP contribution in [0.4, 0.5) is 0 Å². The molecule has 0 atom stereocenters. The predicted molar refractivity (Wildman–Crippen MR) is 64.4 cm³/mol. The van der Waals surface area contributed by atoms with Gasteiger partial charge in [0.1, 0.15) is 0 Å². The molecule has 1 aromatic carbocycles. The van der Waals surface area contributed by atoms with E-state index in [-0.39, 0.29) is 5.78 Å². The van der Waals surface area contributed by atoms with E-state index in [0.717, 1.165) is 11.1 Å². The van der Waals surface area contributed by atoms with Crippen LogP contribution in [0.5, 0.6) is 0 Å². The Morgan fingerprint density at radius 3 is 2.44 bits per heavy atom.